The first kappa shape index (κ1) is 23.7. The molecule has 1 amide bonds. The average molecular weight is 547 g/mol. The van der Waals surface area contributed by atoms with Crippen molar-refractivity contribution in [1.82, 2.24) is 5.43 Å². The van der Waals surface area contributed by atoms with Crippen LogP contribution in [0.15, 0.2) is 64.2 Å². The molecule has 0 atom stereocenters. The fourth-order valence-electron chi connectivity index (χ4n) is 3.10. The van der Waals surface area contributed by atoms with Crippen molar-refractivity contribution in [3.63, 3.8) is 0 Å². The number of halogens is 2. The van der Waals surface area contributed by atoms with E-state index in [0.29, 0.717) is 44.7 Å². The van der Waals surface area contributed by atoms with Gasteiger partial charge in [-0.3, -0.25) is 4.79 Å². The third-order valence-electron chi connectivity index (χ3n) is 4.78. The zero-order chi connectivity index (χ0) is 23.9. The fourth-order valence-corrected chi connectivity index (χ4v) is 3.80. The van der Waals surface area contributed by atoms with Crippen molar-refractivity contribution in [3.05, 3.63) is 75.2 Å². The molecule has 2 N–H and O–H groups in total. The standard InChI is InChI=1S/C24H21BrClN3O5/c1-31-22-9-16(8-19(25)24(22)32-13-15-2-4-17(26)5-3-15)11-28-29-23(30)12-27-18-6-7-20-21(10-18)34-14-33-20/h2-11,27H,12-14H2,1H3,(H,29,30)/b28-11-. The van der Waals surface area contributed by atoms with Crippen molar-refractivity contribution in [2.75, 3.05) is 25.8 Å². The summed E-state index contributed by atoms with van der Waals surface area (Å²) in [5, 5.41) is 7.70. The number of ether oxygens (including phenoxy) is 4. The van der Waals surface area contributed by atoms with Crippen LogP contribution in [0.3, 0.4) is 0 Å². The van der Waals surface area contributed by atoms with Crippen molar-refractivity contribution in [2.45, 2.75) is 6.61 Å². The van der Waals surface area contributed by atoms with Crippen LogP contribution in [0.2, 0.25) is 5.02 Å². The summed E-state index contributed by atoms with van der Waals surface area (Å²) in [5.41, 5.74) is 4.92. The number of hydrogen-bond donors (Lipinski definition) is 2. The third-order valence-corrected chi connectivity index (χ3v) is 5.62. The zero-order valence-electron chi connectivity index (χ0n) is 18.1. The van der Waals surface area contributed by atoms with Gasteiger partial charge in [0.15, 0.2) is 23.0 Å². The molecule has 0 fully saturated rings. The van der Waals surface area contributed by atoms with Crippen LogP contribution < -0.4 is 29.7 Å². The maximum Gasteiger partial charge on any atom is 0.259 e. The number of carbonyl (C=O) groups is 1. The molecule has 1 heterocycles. The summed E-state index contributed by atoms with van der Waals surface area (Å²) in [4.78, 5) is 12.1. The number of fused-ring (bicyclic) bond motifs is 1. The van der Waals surface area contributed by atoms with Gasteiger partial charge in [0, 0.05) is 16.8 Å². The van der Waals surface area contributed by atoms with Gasteiger partial charge in [0.1, 0.15) is 6.61 Å². The summed E-state index contributed by atoms with van der Waals surface area (Å²) in [6, 6.07) is 16.4. The Kier molecular flexibility index (Phi) is 7.76. The number of amides is 1. The summed E-state index contributed by atoms with van der Waals surface area (Å²) in [6.07, 6.45) is 1.52. The van der Waals surface area contributed by atoms with Crippen LogP contribution in [-0.2, 0) is 11.4 Å². The molecule has 0 bridgehead atoms. The first-order valence-electron chi connectivity index (χ1n) is 10.2. The van der Waals surface area contributed by atoms with E-state index in [1.54, 1.807) is 25.3 Å². The Balaban J connectivity index is 1.31. The van der Waals surface area contributed by atoms with Gasteiger partial charge < -0.3 is 24.3 Å². The SMILES string of the molecule is COc1cc(/C=N\NC(=O)CNc2ccc3c(c2)OCO3)cc(Br)c1OCc1ccc(Cl)cc1. The van der Waals surface area contributed by atoms with Crippen LogP contribution >= 0.6 is 27.5 Å². The van der Waals surface area contributed by atoms with Gasteiger partial charge in [0.2, 0.25) is 6.79 Å². The van der Waals surface area contributed by atoms with E-state index in [0.717, 1.165) is 11.3 Å². The minimum absolute atomic E-state index is 0.0431. The number of hydrogen-bond acceptors (Lipinski definition) is 7. The molecule has 0 saturated carbocycles. The second kappa shape index (κ2) is 11.1. The molecule has 34 heavy (non-hydrogen) atoms. The molecule has 0 aromatic heterocycles. The molecule has 0 saturated heterocycles. The average Bonchev–Trinajstić information content (AvgIpc) is 3.31. The van der Waals surface area contributed by atoms with Crippen molar-refractivity contribution >= 4 is 45.3 Å². The van der Waals surface area contributed by atoms with Gasteiger partial charge in [-0.15, -0.1) is 0 Å². The van der Waals surface area contributed by atoms with Crippen molar-refractivity contribution in [3.8, 4) is 23.0 Å². The van der Waals surface area contributed by atoms with E-state index < -0.39 is 0 Å². The minimum atomic E-state index is -0.303. The summed E-state index contributed by atoms with van der Waals surface area (Å²) in [6.45, 7) is 0.595. The van der Waals surface area contributed by atoms with Gasteiger partial charge in [-0.2, -0.15) is 5.10 Å². The lowest BCUT2D eigenvalue weighted by molar-refractivity contribution is -0.119. The van der Waals surface area contributed by atoms with E-state index in [4.69, 9.17) is 30.5 Å². The van der Waals surface area contributed by atoms with Gasteiger partial charge in [-0.05, 0) is 63.5 Å². The van der Waals surface area contributed by atoms with Crippen LogP contribution in [0.5, 0.6) is 23.0 Å². The van der Waals surface area contributed by atoms with Gasteiger partial charge in [0.05, 0.1) is 24.3 Å². The van der Waals surface area contributed by atoms with Crippen molar-refractivity contribution in [1.29, 1.82) is 0 Å². The van der Waals surface area contributed by atoms with E-state index in [1.807, 2.05) is 36.4 Å². The Morgan fingerprint density at radius 3 is 2.74 bits per heavy atom. The topological polar surface area (TPSA) is 90.4 Å². The van der Waals surface area contributed by atoms with E-state index in [9.17, 15) is 4.79 Å². The van der Waals surface area contributed by atoms with E-state index in [-0.39, 0.29) is 19.2 Å². The molecule has 3 aromatic rings. The summed E-state index contributed by atoms with van der Waals surface area (Å²) in [7, 11) is 1.56. The zero-order valence-corrected chi connectivity index (χ0v) is 20.5. The number of methoxy groups -OCH3 is 1. The lowest BCUT2D eigenvalue weighted by atomic mass is 10.2. The van der Waals surface area contributed by atoms with Crippen LogP contribution in [-0.4, -0.2) is 32.6 Å². The lowest BCUT2D eigenvalue weighted by Crippen LogP contribution is -2.25. The number of benzene rings is 3. The molecule has 8 nitrogen and oxygen atoms in total. The van der Waals surface area contributed by atoms with E-state index in [2.05, 4.69) is 31.8 Å². The van der Waals surface area contributed by atoms with Crippen LogP contribution in [0.25, 0.3) is 0 Å². The normalized spacial score (nSPS) is 12.0. The molecular formula is C24H21BrClN3O5. The number of hydrazone groups is 1. The molecule has 1 aliphatic rings. The maximum atomic E-state index is 12.1. The maximum absolute atomic E-state index is 12.1. The Bertz CT molecular complexity index is 1200. The second-order valence-corrected chi connectivity index (χ2v) is 8.45. The van der Waals surface area contributed by atoms with Crippen LogP contribution in [0, 0.1) is 0 Å². The fraction of sp³-hybridized carbons (Fsp3) is 0.167. The predicted molar refractivity (Wildman–Crippen MR) is 133 cm³/mol. The third kappa shape index (κ3) is 6.12. The van der Waals surface area contributed by atoms with Gasteiger partial charge >= 0.3 is 0 Å². The molecule has 0 radical (unpaired) electrons. The quantitative estimate of drug-likeness (QED) is 0.291. The summed E-state index contributed by atoms with van der Waals surface area (Å²) in [5.74, 6) is 2.11. The first-order chi connectivity index (χ1) is 16.5. The highest BCUT2D eigenvalue weighted by molar-refractivity contribution is 9.10. The van der Waals surface area contributed by atoms with E-state index >= 15 is 0 Å². The molecule has 0 unspecified atom stereocenters. The Hall–Kier alpha value is -3.43. The highest BCUT2D eigenvalue weighted by Crippen LogP contribution is 2.37. The summed E-state index contributed by atoms with van der Waals surface area (Å²) < 4.78 is 22.7. The monoisotopic (exact) mass is 545 g/mol. The lowest BCUT2D eigenvalue weighted by Gasteiger charge is -2.13. The van der Waals surface area contributed by atoms with Gasteiger partial charge in [-0.1, -0.05) is 23.7 Å². The van der Waals surface area contributed by atoms with Crippen molar-refractivity contribution < 1.29 is 23.7 Å². The largest absolute Gasteiger partial charge is 0.493 e. The number of carbonyl (C=O) groups excluding carboxylic acids is 1. The smallest absolute Gasteiger partial charge is 0.259 e. The molecular weight excluding hydrogens is 526 g/mol. The molecule has 0 spiro atoms. The second-order valence-electron chi connectivity index (χ2n) is 7.16. The first-order valence-corrected chi connectivity index (χ1v) is 11.4. The minimum Gasteiger partial charge on any atom is -0.493 e. The number of rotatable bonds is 9. The molecule has 10 heteroatoms. The molecule has 4 rings (SSSR count). The van der Waals surface area contributed by atoms with Gasteiger partial charge in [-0.25, -0.2) is 5.43 Å². The van der Waals surface area contributed by atoms with Crippen LogP contribution in [0.1, 0.15) is 11.1 Å². The molecule has 176 valence electrons. The summed E-state index contributed by atoms with van der Waals surface area (Å²) >= 11 is 9.44. The Labute approximate surface area is 209 Å². The van der Waals surface area contributed by atoms with E-state index in [1.165, 1.54) is 6.21 Å². The van der Waals surface area contributed by atoms with Gasteiger partial charge in [0.25, 0.3) is 5.91 Å². The Morgan fingerprint density at radius 2 is 1.94 bits per heavy atom. The van der Waals surface area contributed by atoms with Crippen molar-refractivity contribution in [2.24, 2.45) is 5.10 Å². The highest BCUT2D eigenvalue weighted by Gasteiger charge is 2.14. The number of nitrogens with one attached hydrogen (secondary N) is 2. The molecule has 0 aliphatic carbocycles. The molecule has 1 aliphatic heterocycles. The number of nitrogens with zero attached hydrogens (tertiary/aromatic N) is 1. The highest BCUT2D eigenvalue weighted by atomic mass is 79.9. The predicted octanol–water partition coefficient (Wildman–Crippen LogP) is 4.98. The Morgan fingerprint density at radius 1 is 1.15 bits per heavy atom. The molecule has 3 aromatic carbocycles. The number of anilines is 1. The van der Waals surface area contributed by atoms with Crippen LogP contribution in [0.4, 0.5) is 5.69 Å².